The molecule has 0 bridgehead atoms. The number of nitrogens with zero attached hydrogens (tertiary/aromatic N) is 2. The maximum atomic E-state index is 14.0. The summed E-state index contributed by atoms with van der Waals surface area (Å²) in [5, 5.41) is 0. The average molecular weight is 425 g/mol. The minimum Gasteiger partial charge on any atom is -0.370 e. The normalized spacial score (nSPS) is 24.2. The minimum atomic E-state index is -1.03. The third-order valence-corrected chi connectivity index (χ3v) is 7.50. The third kappa shape index (κ3) is 2.95. The zero-order chi connectivity index (χ0) is 20.9. The average Bonchev–Trinajstić information content (AvgIpc) is 3.19. The van der Waals surface area contributed by atoms with Crippen molar-refractivity contribution in [3.8, 4) is 0 Å². The number of hydrogen-bond donors (Lipinski definition) is 1. The molecule has 0 saturated carbocycles. The van der Waals surface area contributed by atoms with Crippen LogP contribution in [0.4, 0.5) is 11.4 Å². The van der Waals surface area contributed by atoms with Gasteiger partial charge in [0.1, 0.15) is 13.1 Å². The number of anilines is 2. The summed E-state index contributed by atoms with van der Waals surface area (Å²) in [4.78, 5) is 31.1. The molecule has 2 saturated heterocycles. The highest BCUT2D eigenvalue weighted by Gasteiger charge is 2.61. The summed E-state index contributed by atoms with van der Waals surface area (Å²) in [5.41, 5.74) is 4.79. The van der Waals surface area contributed by atoms with E-state index in [0.29, 0.717) is 25.6 Å². The molecule has 1 N–H and O–H groups in total. The first-order valence-electron chi connectivity index (χ1n) is 10.4. The molecule has 2 aromatic carbocycles. The molecule has 2 fully saturated rings. The summed E-state index contributed by atoms with van der Waals surface area (Å²) in [7, 11) is 0. The lowest BCUT2D eigenvalue weighted by molar-refractivity contribution is -0.906. The molecule has 3 aliphatic heterocycles. The molecule has 7 heteroatoms. The van der Waals surface area contributed by atoms with Crippen molar-refractivity contribution in [2.75, 3.05) is 48.5 Å². The van der Waals surface area contributed by atoms with Crippen molar-refractivity contribution in [2.24, 2.45) is 0 Å². The summed E-state index contributed by atoms with van der Waals surface area (Å²) < 4.78 is 5.48. The highest BCUT2D eigenvalue weighted by molar-refractivity contribution is 8.02. The van der Waals surface area contributed by atoms with Gasteiger partial charge < -0.3 is 9.64 Å². The molecule has 0 radical (unpaired) electrons. The van der Waals surface area contributed by atoms with Gasteiger partial charge in [-0.2, -0.15) is 0 Å². The SMILES string of the molecule is Cc1cc(C)cc(N2C(=O)CS[C@@]23C(=O)N(C[NH+]2CCOCC2)c2ccccc23)c1. The lowest BCUT2D eigenvalue weighted by Gasteiger charge is -2.34. The van der Waals surface area contributed by atoms with E-state index in [4.69, 9.17) is 4.74 Å². The molecule has 3 aliphatic rings. The van der Waals surface area contributed by atoms with Crippen LogP contribution in [0.1, 0.15) is 16.7 Å². The first-order chi connectivity index (χ1) is 14.5. The molecule has 2 amide bonds. The summed E-state index contributed by atoms with van der Waals surface area (Å²) in [6.07, 6.45) is 0. The Labute approximate surface area is 180 Å². The van der Waals surface area contributed by atoms with Crippen LogP contribution in [0.25, 0.3) is 0 Å². The van der Waals surface area contributed by atoms with Gasteiger partial charge >= 0.3 is 0 Å². The van der Waals surface area contributed by atoms with Gasteiger partial charge in [-0.1, -0.05) is 24.3 Å². The number of thioether (sulfide) groups is 1. The van der Waals surface area contributed by atoms with Gasteiger partial charge in [0, 0.05) is 11.3 Å². The van der Waals surface area contributed by atoms with E-state index in [1.807, 2.05) is 55.1 Å². The van der Waals surface area contributed by atoms with Gasteiger partial charge in [-0.05, 0) is 43.2 Å². The summed E-state index contributed by atoms with van der Waals surface area (Å²) in [6.45, 7) is 7.83. The number of fused-ring (bicyclic) bond motifs is 2. The van der Waals surface area contributed by atoms with Gasteiger partial charge in [0.2, 0.25) is 10.8 Å². The second kappa shape index (κ2) is 7.41. The Bertz CT molecular complexity index is 1000. The van der Waals surface area contributed by atoms with Crippen LogP contribution >= 0.6 is 11.8 Å². The van der Waals surface area contributed by atoms with Crippen LogP contribution in [-0.2, 0) is 19.2 Å². The van der Waals surface area contributed by atoms with Crippen molar-refractivity contribution in [3.63, 3.8) is 0 Å². The monoisotopic (exact) mass is 424 g/mol. The van der Waals surface area contributed by atoms with Gasteiger partial charge in [0.15, 0.2) is 6.67 Å². The third-order valence-electron chi connectivity index (χ3n) is 6.11. The van der Waals surface area contributed by atoms with Crippen LogP contribution in [0.2, 0.25) is 0 Å². The number of morpholine rings is 1. The molecule has 0 aromatic heterocycles. The standard InChI is InChI=1S/C23H25N3O3S/c1-16-11-17(2)13-18(12-16)26-21(27)14-30-23(26)19-5-3-4-6-20(19)25(22(23)28)15-24-7-9-29-10-8-24/h3-6,11-13H,7-10,14-15H2,1-2H3/p+1/t23-/m0/s1. The topological polar surface area (TPSA) is 54.3 Å². The van der Waals surface area contributed by atoms with Crippen LogP contribution in [0.15, 0.2) is 42.5 Å². The smallest absolute Gasteiger partial charge is 0.273 e. The molecule has 3 heterocycles. The fraction of sp³-hybridized carbons (Fsp3) is 0.391. The molecule has 1 spiro atoms. The maximum Gasteiger partial charge on any atom is 0.273 e. The van der Waals surface area contributed by atoms with Gasteiger partial charge in [-0.15, -0.1) is 11.8 Å². The number of carbonyl (C=O) groups is 2. The maximum absolute atomic E-state index is 14.0. The molecular formula is C23H26N3O3S+. The van der Waals surface area contributed by atoms with Crippen LogP contribution in [0.3, 0.4) is 0 Å². The molecule has 1 atom stereocenters. The van der Waals surface area contributed by atoms with E-state index in [2.05, 4.69) is 6.07 Å². The predicted octanol–water partition coefficient (Wildman–Crippen LogP) is 1.46. The number of amides is 2. The number of para-hydroxylation sites is 1. The van der Waals surface area contributed by atoms with Crippen LogP contribution < -0.4 is 14.7 Å². The zero-order valence-corrected chi connectivity index (χ0v) is 18.1. The highest BCUT2D eigenvalue weighted by Crippen LogP contribution is 2.55. The lowest BCUT2D eigenvalue weighted by Crippen LogP contribution is -3.15. The van der Waals surface area contributed by atoms with Gasteiger partial charge in [0.25, 0.3) is 5.91 Å². The van der Waals surface area contributed by atoms with E-state index in [-0.39, 0.29) is 11.8 Å². The second-order valence-electron chi connectivity index (χ2n) is 8.28. The Morgan fingerprint density at radius 1 is 1.07 bits per heavy atom. The number of hydrogen-bond acceptors (Lipinski definition) is 4. The Kier molecular flexibility index (Phi) is 4.84. The lowest BCUT2D eigenvalue weighted by atomic mass is 10.0. The number of benzene rings is 2. The predicted molar refractivity (Wildman–Crippen MR) is 118 cm³/mol. The number of nitrogens with one attached hydrogen (secondary N) is 1. The van der Waals surface area contributed by atoms with Crippen molar-refractivity contribution in [1.29, 1.82) is 0 Å². The molecule has 5 rings (SSSR count). The minimum absolute atomic E-state index is 0.0160. The fourth-order valence-corrected chi connectivity index (χ4v) is 6.19. The van der Waals surface area contributed by atoms with E-state index >= 15 is 0 Å². The number of quaternary nitrogens is 1. The van der Waals surface area contributed by atoms with Crippen LogP contribution in [0.5, 0.6) is 0 Å². The molecule has 0 unspecified atom stereocenters. The van der Waals surface area contributed by atoms with E-state index in [1.165, 1.54) is 16.7 Å². The Balaban J connectivity index is 1.61. The summed E-state index contributed by atoms with van der Waals surface area (Å²) >= 11 is 1.44. The van der Waals surface area contributed by atoms with Crippen molar-refractivity contribution in [2.45, 2.75) is 18.7 Å². The van der Waals surface area contributed by atoms with Crippen molar-refractivity contribution < 1.29 is 19.2 Å². The molecule has 30 heavy (non-hydrogen) atoms. The molecule has 2 aromatic rings. The van der Waals surface area contributed by atoms with Crippen molar-refractivity contribution in [1.82, 2.24) is 0 Å². The number of rotatable bonds is 3. The van der Waals surface area contributed by atoms with Crippen molar-refractivity contribution in [3.05, 3.63) is 59.2 Å². The van der Waals surface area contributed by atoms with E-state index < -0.39 is 4.87 Å². The molecular weight excluding hydrogens is 398 g/mol. The van der Waals surface area contributed by atoms with Gasteiger partial charge in [-0.3, -0.25) is 19.4 Å². The quantitative estimate of drug-likeness (QED) is 0.811. The first kappa shape index (κ1) is 19.6. The zero-order valence-electron chi connectivity index (χ0n) is 17.3. The first-order valence-corrected chi connectivity index (χ1v) is 11.4. The second-order valence-corrected chi connectivity index (χ2v) is 9.45. The molecule has 156 valence electrons. The highest BCUT2D eigenvalue weighted by atomic mass is 32.2. The number of aryl methyl sites for hydroxylation is 2. The Morgan fingerprint density at radius 3 is 2.50 bits per heavy atom. The Hall–Kier alpha value is -2.35. The summed E-state index contributed by atoms with van der Waals surface area (Å²) in [6, 6.07) is 14.0. The fourth-order valence-electron chi connectivity index (χ4n) is 4.83. The summed E-state index contributed by atoms with van der Waals surface area (Å²) in [5.74, 6) is 0.261. The van der Waals surface area contributed by atoms with E-state index in [9.17, 15) is 9.59 Å². The Morgan fingerprint density at radius 2 is 1.77 bits per heavy atom. The van der Waals surface area contributed by atoms with Gasteiger partial charge in [-0.25, -0.2) is 0 Å². The number of ether oxygens (including phenoxy) is 1. The van der Waals surface area contributed by atoms with Crippen LogP contribution in [-0.4, -0.2) is 50.5 Å². The largest absolute Gasteiger partial charge is 0.370 e. The van der Waals surface area contributed by atoms with Crippen LogP contribution in [0, 0.1) is 13.8 Å². The van der Waals surface area contributed by atoms with E-state index in [1.54, 1.807) is 4.90 Å². The molecule has 0 aliphatic carbocycles. The molecule has 6 nitrogen and oxygen atoms in total. The van der Waals surface area contributed by atoms with E-state index in [0.717, 1.165) is 41.2 Å². The number of carbonyl (C=O) groups excluding carboxylic acids is 2. The van der Waals surface area contributed by atoms with Crippen molar-refractivity contribution >= 4 is 35.0 Å². The van der Waals surface area contributed by atoms with Gasteiger partial charge in [0.05, 0.1) is 24.7 Å².